The zero-order valence-electron chi connectivity index (χ0n) is 8.45. The van der Waals surface area contributed by atoms with Gasteiger partial charge in [-0.25, -0.2) is 0 Å². The molecule has 1 unspecified atom stereocenters. The molecular weight excluding hydrogens is 182 g/mol. The first-order valence-corrected chi connectivity index (χ1v) is 4.95. The van der Waals surface area contributed by atoms with Crippen LogP contribution in [0.15, 0.2) is 0 Å². The summed E-state index contributed by atoms with van der Waals surface area (Å²) in [4.78, 5) is 23.9. The van der Waals surface area contributed by atoms with E-state index in [2.05, 4.69) is 5.32 Å². The fourth-order valence-electron chi connectivity index (χ4n) is 1.64. The van der Waals surface area contributed by atoms with Crippen molar-refractivity contribution in [3.8, 4) is 0 Å². The number of hydrogen-bond acceptors (Lipinski definition) is 3. The molecule has 1 saturated heterocycles. The maximum atomic E-state index is 11.6. The lowest BCUT2D eigenvalue weighted by Crippen LogP contribution is -2.39. The van der Waals surface area contributed by atoms with Crippen molar-refractivity contribution in [1.29, 1.82) is 0 Å². The zero-order valence-corrected chi connectivity index (χ0v) is 8.45. The molecule has 0 aliphatic carbocycles. The minimum Gasteiger partial charge on any atom is -0.370 e. The average Bonchev–Trinajstić information content (AvgIpc) is 2.46. The SMILES string of the molecule is CCNC1CCN(CCC(N)=O)C1=O. The van der Waals surface area contributed by atoms with Gasteiger partial charge in [0, 0.05) is 19.5 Å². The largest absolute Gasteiger partial charge is 0.370 e. The first kappa shape index (κ1) is 11.0. The topological polar surface area (TPSA) is 75.4 Å². The van der Waals surface area contributed by atoms with E-state index in [4.69, 9.17) is 5.73 Å². The van der Waals surface area contributed by atoms with Gasteiger partial charge in [-0.2, -0.15) is 0 Å². The number of nitrogens with zero attached hydrogens (tertiary/aromatic N) is 1. The highest BCUT2D eigenvalue weighted by Gasteiger charge is 2.30. The van der Waals surface area contributed by atoms with E-state index >= 15 is 0 Å². The second-order valence-electron chi connectivity index (χ2n) is 3.44. The van der Waals surface area contributed by atoms with E-state index in [1.165, 1.54) is 0 Å². The lowest BCUT2D eigenvalue weighted by molar-refractivity contribution is -0.129. The molecule has 1 aliphatic rings. The van der Waals surface area contributed by atoms with Gasteiger partial charge in [0.2, 0.25) is 11.8 Å². The van der Waals surface area contributed by atoms with Crippen LogP contribution >= 0.6 is 0 Å². The van der Waals surface area contributed by atoms with Gasteiger partial charge in [0.25, 0.3) is 0 Å². The van der Waals surface area contributed by atoms with Gasteiger partial charge in [-0.15, -0.1) is 0 Å². The molecule has 0 aromatic rings. The van der Waals surface area contributed by atoms with Crippen LogP contribution in [-0.2, 0) is 9.59 Å². The van der Waals surface area contributed by atoms with Crippen LogP contribution in [0.25, 0.3) is 0 Å². The molecule has 2 amide bonds. The van der Waals surface area contributed by atoms with Crippen LogP contribution < -0.4 is 11.1 Å². The molecule has 0 radical (unpaired) electrons. The Labute approximate surface area is 83.6 Å². The summed E-state index contributed by atoms with van der Waals surface area (Å²) in [7, 11) is 0. The molecule has 0 aromatic carbocycles. The van der Waals surface area contributed by atoms with Gasteiger partial charge in [0.15, 0.2) is 0 Å². The van der Waals surface area contributed by atoms with Crippen LogP contribution in [0.3, 0.4) is 0 Å². The molecule has 0 saturated carbocycles. The van der Waals surface area contributed by atoms with Gasteiger partial charge in [0.1, 0.15) is 0 Å². The third-order valence-corrected chi connectivity index (χ3v) is 2.38. The van der Waals surface area contributed by atoms with Crippen molar-refractivity contribution in [2.24, 2.45) is 5.73 Å². The van der Waals surface area contributed by atoms with Crippen LogP contribution in [0.2, 0.25) is 0 Å². The molecule has 14 heavy (non-hydrogen) atoms. The van der Waals surface area contributed by atoms with Gasteiger partial charge in [-0.1, -0.05) is 6.92 Å². The summed E-state index contributed by atoms with van der Waals surface area (Å²) >= 11 is 0. The van der Waals surface area contributed by atoms with E-state index < -0.39 is 0 Å². The summed E-state index contributed by atoms with van der Waals surface area (Å²) < 4.78 is 0. The maximum Gasteiger partial charge on any atom is 0.239 e. The van der Waals surface area contributed by atoms with E-state index in [0.29, 0.717) is 6.54 Å². The molecular formula is C9H17N3O2. The lowest BCUT2D eigenvalue weighted by atomic mass is 10.2. The number of amides is 2. The van der Waals surface area contributed by atoms with Crippen molar-refractivity contribution in [2.75, 3.05) is 19.6 Å². The van der Waals surface area contributed by atoms with Gasteiger partial charge in [-0.05, 0) is 13.0 Å². The van der Waals surface area contributed by atoms with Crippen LogP contribution in [-0.4, -0.2) is 42.4 Å². The van der Waals surface area contributed by atoms with E-state index in [9.17, 15) is 9.59 Å². The summed E-state index contributed by atoms with van der Waals surface area (Å²) in [6.07, 6.45) is 1.08. The van der Waals surface area contributed by atoms with E-state index in [-0.39, 0.29) is 24.3 Å². The van der Waals surface area contributed by atoms with Crippen molar-refractivity contribution >= 4 is 11.8 Å². The number of rotatable bonds is 5. The van der Waals surface area contributed by atoms with E-state index in [1.54, 1.807) is 4.90 Å². The predicted molar refractivity (Wildman–Crippen MR) is 52.5 cm³/mol. The van der Waals surface area contributed by atoms with Crippen molar-refractivity contribution in [2.45, 2.75) is 25.8 Å². The average molecular weight is 199 g/mol. The zero-order chi connectivity index (χ0) is 10.6. The van der Waals surface area contributed by atoms with E-state index in [1.807, 2.05) is 6.92 Å². The summed E-state index contributed by atoms with van der Waals surface area (Å²) in [6.45, 7) is 3.94. The maximum absolute atomic E-state index is 11.6. The van der Waals surface area contributed by atoms with Gasteiger partial charge in [-0.3, -0.25) is 9.59 Å². The number of carbonyl (C=O) groups excluding carboxylic acids is 2. The predicted octanol–water partition coefficient (Wildman–Crippen LogP) is -0.928. The number of carbonyl (C=O) groups is 2. The third-order valence-electron chi connectivity index (χ3n) is 2.38. The van der Waals surface area contributed by atoms with Crippen molar-refractivity contribution in [1.82, 2.24) is 10.2 Å². The Balaban J connectivity index is 2.35. The van der Waals surface area contributed by atoms with Crippen LogP contribution in [0.4, 0.5) is 0 Å². The quantitative estimate of drug-likeness (QED) is 0.601. The second-order valence-corrected chi connectivity index (χ2v) is 3.44. The third kappa shape index (κ3) is 2.70. The molecule has 0 aromatic heterocycles. The number of nitrogens with one attached hydrogen (secondary N) is 1. The molecule has 5 heteroatoms. The molecule has 1 atom stereocenters. The van der Waals surface area contributed by atoms with Crippen LogP contribution in [0.5, 0.6) is 0 Å². The molecule has 3 N–H and O–H groups in total. The smallest absolute Gasteiger partial charge is 0.239 e. The number of nitrogens with two attached hydrogens (primary N) is 1. The van der Waals surface area contributed by atoms with Crippen LogP contribution in [0, 0.1) is 0 Å². The first-order valence-electron chi connectivity index (χ1n) is 4.95. The Bertz CT molecular complexity index is 230. The van der Waals surface area contributed by atoms with E-state index in [0.717, 1.165) is 19.5 Å². The van der Waals surface area contributed by atoms with Gasteiger partial charge >= 0.3 is 0 Å². The summed E-state index contributed by atoms with van der Waals surface area (Å²) in [6, 6.07) is -0.0622. The highest BCUT2D eigenvalue weighted by atomic mass is 16.2. The molecule has 0 bridgehead atoms. The van der Waals surface area contributed by atoms with Crippen molar-refractivity contribution in [3.05, 3.63) is 0 Å². The Morgan fingerprint density at radius 2 is 2.43 bits per heavy atom. The molecule has 1 aliphatic heterocycles. The normalized spacial score (nSPS) is 21.6. The number of likely N-dealkylation sites (N-methyl/N-ethyl adjacent to an activating group) is 1. The van der Waals surface area contributed by atoms with Crippen molar-refractivity contribution in [3.63, 3.8) is 0 Å². The molecule has 1 rings (SSSR count). The molecule has 1 heterocycles. The lowest BCUT2D eigenvalue weighted by Gasteiger charge is -2.15. The standard InChI is InChI=1S/C9H17N3O2/c1-2-11-7-3-5-12(9(7)14)6-4-8(10)13/h7,11H,2-6H2,1H3,(H2,10,13). The molecule has 80 valence electrons. The van der Waals surface area contributed by atoms with Crippen molar-refractivity contribution < 1.29 is 9.59 Å². The summed E-state index contributed by atoms with van der Waals surface area (Å²) in [5.74, 6) is -0.266. The molecule has 5 nitrogen and oxygen atoms in total. The number of likely N-dealkylation sites (tertiary alicyclic amines) is 1. The Kier molecular flexibility index (Phi) is 3.88. The Hall–Kier alpha value is -1.10. The number of primary amides is 1. The molecule has 0 spiro atoms. The number of hydrogen-bond donors (Lipinski definition) is 2. The first-order chi connectivity index (χ1) is 6.65. The van der Waals surface area contributed by atoms with Crippen LogP contribution in [0.1, 0.15) is 19.8 Å². The molecule has 1 fully saturated rings. The highest BCUT2D eigenvalue weighted by Crippen LogP contribution is 2.10. The van der Waals surface area contributed by atoms with Gasteiger partial charge in [0.05, 0.1) is 6.04 Å². The Morgan fingerprint density at radius 3 is 3.00 bits per heavy atom. The fraction of sp³-hybridized carbons (Fsp3) is 0.778. The summed E-state index contributed by atoms with van der Waals surface area (Å²) in [5.41, 5.74) is 5.02. The minimum absolute atomic E-state index is 0.0622. The Morgan fingerprint density at radius 1 is 1.71 bits per heavy atom. The minimum atomic E-state index is -0.357. The fourth-order valence-corrected chi connectivity index (χ4v) is 1.64. The second kappa shape index (κ2) is 4.95. The highest BCUT2D eigenvalue weighted by molar-refractivity contribution is 5.84. The summed E-state index contributed by atoms with van der Waals surface area (Å²) in [5, 5.41) is 3.10. The monoisotopic (exact) mass is 199 g/mol. The van der Waals surface area contributed by atoms with Gasteiger partial charge < -0.3 is 16.0 Å².